The summed E-state index contributed by atoms with van der Waals surface area (Å²) in [6.45, 7) is 4.22. The minimum atomic E-state index is 0.706. The number of hydrogen-bond acceptors (Lipinski definition) is 4. The van der Waals surface area contributed by atoms with E-state index in [9.17, 15) is 0 Å². The number of aryl methyl sites for hydroxylation is 2. The van der Waals surface area contributed by atoms with Crippen LogP contribution < -0.4 is 11.5 Å². The molecule has 7 aromatic rings. The van der Waals surface area contributed by atoms with E-state index >= 15 is 0 Å². The lowest BCUT2D eigenvalue weighted by Gasteiger charge is -2.07. The van der Waals surface area contributed by atoms with Crippen LogP contribution >= 0.6 is 0 Å². The Balaban J connectivity index is 1.47. The monoisotopic (exact) mass is 672 g/mol. The first-order valence-electron chi connectivity index (χ1n) is 17.4. The Morgan fingerprint density at radius 1 is 0.346 bits per heavy atom. The molecule has 5 heterocycles. The van der Waals surface area contributed by atoms with E-state index in [4.69, 9.17) is 21.4 Å². The van der Waals surface area contributed by atoms with E-state index in [0.29, 0.717) is 11.4 Å². The van der Waals surface area contributed by atoms with Gasteiger partial charge < -0.3 is 21.4 Å². The molecule has 0 radical (unpaired) electrons. The van der Waals surface area contributed by atoms with E-state index in [0.717, 1.165) is 89.4 Å². The summed E-state index contributed by atoms with van der Waals surface area (Å²) in [4.78, 5) is 18.3. The van der Waals surface area contributed by atoms with Crippen LogP contribution in [0.25, 0.3) is 90.9 Å². The molecule has 0 saturated carbocycles. The number of aromatic nitrogens is 4. The van der Waals surface area contributed by atoms with Gasteiger partial charge in [0.15, 0.2) is 0 Å². The van der Waals surface area contributed by atoms with Crippen molar-refractivity contribution < 1.29 is 0 Å². The summed E-state index contributed by atoms with van der Waals surface area (Å²) in [7, 11) is 0. The highest BCUT2D eigenvalue weighted by Crippen LogP contribution is 2.38. The average Bonchev–Trinajstić information content (AvgIpc) is 3.99. The first kappa shape index (κ1) is 31.1. The summed E-state index contributed by atoms with van der Waals surface area (Å²) in [5.41, 5.74) is 31.5. The fourth-order valence-corrected chi connectivity index (χ4v) is 7.16. The average molecular weight is 673 g/mol. The van der Waals surface area contributed by atoms with Gasteiger partial charge in [0.1, 0.15) is 0 Å². The summed E-state index contributed by atoms with van der Waals surface area (Å²) in [5.74, 6) is 0. The van der Waals surface area contributed by atoms with Gasteiger partial charge in [-0.25, -0.2) is 9.97 Å². The second-order valence-electron chi connectivity index (χ2n) is 13.5. The number of H-pyrrole nitrogens is 2. The van der Waals surface area contributed by atoms with E-state index in [1.54, 1.807) is 0 Å². The molecular formula is C46H36N6. The van der Waals surface area contributed by atoms with Crippen LogP contribution in [-0.4, -0.2) is 19.9 Å². The molecule has 2 aliphatic rings. The number of aromatic amines is 2. The number of nitrogens with zero attached hydrogens (tertiary/aromatic N) is 2. The lowest BCUT2D eigenvalue weighted by Crippen LogP contribution is -1.90. The maximum Gasteiger partial charge on any atom is 0.0737 e. The summed E-state index contributed by atoms with van der Waals surface area (Å²) < 4.78 is 0. The van der Waals surface area contributed by atoms with Crippen LogP contribution in [0.5, 0.6) is 0 Å². The zero-order valence-corrected chi connectivity index (χ0v) is 28.9. The molecule has 6 N–H and O–H groups in total. The molecule has 250 valence electrons. The van der Waals surface area contributed by atoms with Crippen LogP contribution in [0, 0.1) is 13.8 Å². The van der Waals surface area contributed by atoms with E-state index in [1.807, 2.05) is 24.3 Å². The van der Waals surface area contributed by atoms with Crippen LogP contribution in [0.3, 0.4) is 0 Å². The van der Waals surface area contributed by atoms with Crippen LogP contribution in [-0.2, 0) is 0 Å². The second-order valence-corrected chi connectivity index (χ2v) is 13.5. The molecule has 0 fully saturated rings. The van der Waals surface area contributed by atoms with Crippen molar-refractivity contribution in [3.05, 3.63) is 155 Å². The molecule has 0 atom stereocenters. The number of nitrogens with two attached hydrogens (primary N) is 2. The molecule has 8 bridgehead atoms. The van der Waals surface area contributed by atoms with E-state index < -0.39 is 0 Å². The van der Waals surface area contributed by atoms with Crippen molar-refractivity contribution in [1.29, 1.82) is 0 Å². The van der Waals surface area contributed by atoms with Gasteiger partial charge in [0.05, 0.1) is 22.8 Å². The molecule has 4 aromatic carbocycles. The highest BCUT2D eigenvalue weighted by Gasteiger charge is 2.19. The minimum Gasteiger partial charge on any atom is -0.399 e. The van der Waals surface area contributed by atoms with Crippen molar-refractivity contribution in [1.82, 2.24) is 19.9 Å². The van der Waals surface area contributed by atoms with E-state index in [1.165, 1.54) is 11.1 Å². The molecule has 0 amide bonds. The van der Waals surface area contributed by atoms with Gasteiger partial charge in [0, 0.05) is 55.7 Å². The lowest BCUT2D eigenvalue weighted by atomic mass is 10.0. The Morgan fingerprint density at radius 2 is 0.596 bits per heavy atom. The summed E-state index contributed by atoms with van der Waals surface area (Å²) >= 11 is 0. The zero-order chi connectivity index (χ0) is 35.3. The molecule has 2 aliphatic heterocycles. The van der Waals surface area contributed by atoms with Gasteiger partial charge in [-0.1, -0.05) is 83.9 Å². The molecular weight excluding hydrogens is 637 g/mol. The van der Waals surface area contributed by atoms with Crippen LogP contribution in [0.2, 0.25) is 0 Å². The third kappa shape index (κ3) is 5.56. The molecule has 0 aliphatic carbocycles. The predicted molar refractivity (Wildman–Crippen MR) is 219 cm³/mol. The number of nitrogen functional groups attached to an aromatic ring is 2. The highest BCUT2D eigenvalue weighted by molar-refractivity contribution is 6.00. The molecule has 52 heavy (non-hydrogen) atoms. The highest BCUT2D eigenvalue weighted by atomic mass is 14.8. The fraction of sp³-hybridized carbons (Fsp3) is 0.0435. The second kappa shape index (κ2) is 12.4. The van der Waals surface area contributed by atoms with Crippen molar-refractivity contribution in [2.45, 2.75) is 13.8 Å². The third-order valence-electron chi connectivity index (χ3n) is 9.83. The fourth-order valence-electron chi connectivity index (χ4n) is 7.16. The van der Waals surface area contributed by atoms with Crippen LogP contribution in [0.4, 0.5) is 11.4 Å². The summed E-state index contributed by atoms with van der Waals surface area (Å²) in [6.07, 6.45) is 8.45. The molecule has 0 saturated heterocycles. The van der Waals surface area contributed by atoms with Gasteiger partial charge in [-0.2, -0.15) is 0 Å². The van der Waals surface area contributed by atoms with Gasteiger partial charge in [0.25, 0.3) is 0 Å². The topological polar surface area (TPSA) is 109 Å². The Kier molecular flexibility index (Phi) is 7.44. The minimum absolute atomic E-state index is 0.706. The molecule has 9 rings (SSSR count). The Hall–Kier alpha value is -6.92. The maximum atomic E-state index is 6.16. The standard InChI is InChI=1S/C46H36N6/c1-27-3-7-29(8-4-27)43-35-19-20-36(49-35)44(30-9-5-28(2)6-10-30)38-22-24-40(51-38)46(32-13-17-34(48)18-14-32)42-26-25-41(52-42)45(39-23-21-37(43)50-39)31-11-15-33(47)16-12-31/h3-26,50-51H,47-48H2,1-2H3. The van der Waals surface area contributed by atoms with Crippen LogP contribution in [0.15, 0.2) is 121 Å². The van der Waals surface area contributed by atoms with Gasteiger partial charge in [-0.3, -0.25) is 0 Å². The van der Waals surface area contributed by atoms with Crippen molar-refractivity contribution >= 4 is 57.7 Å². The van der Waals surface area contributed by atoms with E-state index in [-0.39, 0.29) is 0 Å². The van der Waals surface area contributed by atoms with Crippen molar-refractivity contribution in [2.24, 2.45) is 0 Å². The van der Waals surface area contributed by atoms with Gasteiger partial charge in [-0.15, -0.1) is 0 Å². The molecule has 6 heteroatoms. The quantitative estimate of drug-likeness (QED) is 0.139. The largest absolute Gasteiger partial charge is 0.399 e. The number of anilines is 2. The van der Waals surface area contributed by atoms with Crippen molar-refractivity contribution in [3.8, 4) is 44.5 Å². The molecule has 6 nitrogen and oxygen atoms in total. The van der Waals surface area contributed by atoms with Gasteiger partial charge in [0.2, 0.25) is 0 Å². The summed E-state index contributed by atoms with van der Waals surface area (Å²) in [5, 5.41) is 0. The van der Waals surface area contributed by atoms with Crippen molar-refractivity contribution in [3.63, 3.8) is 0 Å². The maximum absolute atomic E-state index is 6.16. The molecule has 0 unspecified atom stereocenters. The number of benzene rings is 4. The van der Waals surface area contributed by atoms with Gasteiger partial charge in [-0.05, 0) is 109 Å². The number of hydrogen-bond donors (Lipinski definition) is 4. The smallest absolute Gasteiger partial charge is 0.0737 e. The number of fused-ring (bicyclic) bond motifs is 8. The van der Waals surface area contributed by atoms with Crippen molar-refractivity contribution in [2.75, 3.05) is 11.5 Å². The zero-order valence-electron chi connectivity index (χ0n) is 28.9. The Bertz CT molecular complexity index is 2350. The molecule has 3 aromatic heterocycles. The number of nitrogens with one attached hydrogen (secondary N) is 2. The van der Waals surface area contributed by atoms with Gasteiger partial charge >= 0.3 is 0 Å². The van der Waals surface area contributed by atoms with Crippen LogP contribution in [0.1, 0.15) is 33.9 Å². The number of rotatable bonds is 4. The Morgan fingerprint density at radius 3 is 0.865 bits per heavy atom. The predicted octanol–water partition coefficient (Wildman–Crippen LogP) is 11.1. The SMILES string of the molecule is Cc1ccc(-c2c3nc(c(-c4ccc(C)cc4)c4ccc([nH]4)c(-c4ccc(N)cc4)c4nc(c(-c5ccc(N)cc5)c5ccc2[nH]5)C=C4)C=C3)cc1. The summed E-state index contributed by atoms with van der Waals surface area (Å²) in [6, 6.07) is 41.8. The van der Waals surface area contributed by atoms with E-state index in [2.05, 4.69) is 145 Å². The third-order valence-corrected chi connectivity index (χ3v) is 9.83. The first-order chi connectivity index (χ1) is 25.4. The Labute approximate surface area is 301 Å². The first-order valence-corrected chi connectivity index (χ1v) is 17.4. The lowest BCUT2D eigenvalue weighted by molar-refractivity contribution is 1.31. The molecule has 0 spiro atoms. The normalized spacial score (nSPS) is 12.0.